The van der Waals surface area contributed by atoms with Gasteiger partial charge in [0, 0.05) is 31.1 Å². The molecule has 1 saturated heterocycles. The van der Waals surface area contributed by atoms with E-state index in [0.717, 1.165) is 42.9 Å². The van der Waals surface area contributed by atoms with E-state index in [1.807, 2.05) is 41.3 Å². The molecule has 1 atom stereocenters. The van der Waals surface area contributed by atoms with Crippen LogP contribution in [0, 0.1) is 0 Å². The van der Waals surface area contributed by atoms with Gasteiger partial charge in [0.15, 0.2) is 0 Å². The van der Waals surface area contributed by atoms with Gasteiger partial charge in [0.05, 0.1) is 19.8 Å². The molecule has 5 heteroatoms. The molecule has 3 rings (SSSR count). The predicted molar refractivity (Wildman–Crippen MR) is 96.6 cm³/mol. The molecule has 1 aliphatic heterocycles. The van der Waals surface area contributed by atoms with Gasteiger partial charge in [-0.3, -0.25) is 9.78 Å². The third-order valence-corrected chi connectivity index (χ3v) is 4.48. The van der Waals surface area contributed by atoms with E-state index in [1.54, 1.807) is 19.5 Å². The predicted octanol–water partition coefficient (Wildman–Crippen LogP) is 3.58. The Labute approximate surface area is 148 Å². The molecule has 2 heterocycles. The lowest BCUT2D eigenvalue weighted by Gasteiger charge is -2.23. The highest BCUT2D eigenvalue weighted by molar-refractivity contribution is 5.93. The fourth-order valence-corrected chi connectivity index (χ4v) is 3.05. The van der Waals surface area contributed by atoms with Crippen molar-refractivity contribution in [2.24, 2.45) is 0 Å². The number of benzene rings is 1. The first-order chi connectivity index (χ1) is 12.3. The van der Waals surface area contributed by atoms with Gasteiger partial charge >= 0.3 is 0 Å². The zero-order valence-electron chi connectivity index (χ0n) is 14.6. The summed E-state index contributed by atoms with van der Waals surface area (Å²) in [5.41, 5.74) is 1.92. The molecule has 0 N–H and O–H groups in total. The fourth-order valence-electron chi connectivity index (χ4n) is 3.05. The van der Waals surface area contributed by atoms with E-state index in [1.165, 1.54) is 0 Å². The van der Waals surface area contributed by atoms with Crippen molar-refractivity contribution in [3.05, 3.63) is 54.4 Å². The lowest BCUT2D eigenvalue weighted by molar-refractivity contribution is -0.119. The summed E-state index contributed by atoms with van der Waals surface area (Å²) in [5, 5.41) is 0. The first-order valence-corrected chi connectivity index (χ1v) is 8.71. The number of ether oxygens (including phenoxy) is 2. The van der Waals surface area contributed by atoms with Crippen molar-refractivity contribution < 1.29 is 14.3 Å². The van der Waals surface area contributed by atoms with Crippen LogP contribution in [-0.2, 0) is 16.1 Å². The van der Waals surface area contributed by atoms with E-state index in [-0.39, 0.29) is 12.0 Å². The maximum absolute atomic E-state index is 12.9. The smallest absolute Gasteiger partial charge is 0.227 e. The lowest BCUT2D eigenvalue weighted by Crippen LogP contribution is -2.31. The number of methoxy groups -OCH3 is 1. The Morgan fingerprint density at radius 2 is 2.00 bits per heavy atom. The van der Waals surface area contributed by atoms with E-state index >= 15 is 0 Å². The second kappa shape index (κ2) is 8.62. The van der Waals surface area contributed by atoms with E-state index < -0.39 is 0 Å². The molecule has 1 amide bonds. The third kappa shape index (κ3) is 4.79. The second-order valence-corrected chi connectivity index (χ2v) is 6.21. The summed E-state index contributed by atoms with van der Waals surface area (Å²) < 4.78 is 10.8. The molecule has 0 spiro atoms. The highest BCUT2D eigenvalue weighted by Gasteiger charge is 2.21. The Morgan fingerprint density at radius 1 is 1.24 bits per heavy atom. The zero-order chi connectivity index (χ0) is 17.5. The molecule has 1 aromatic carbocycles. The van der Waals surface area contributed by atoms with Gasteiger partial charge in [-0.25, -0.2) is 0 Å². The standard InChI is InChI=1S/C20H24N2O3/c1-24-18-6-4-16(5-7-18)15-22(17-10-12-21-13-11-17)20(23)9-8-19-3-2-14-25-19/h4-7,10-13,19H,2-3,8-9,14-15H2,1H3/t19-/m0/s1. The summed E-state index contributed by atoms with van der Waals surface area (Å²) >= 11 is 0. The number of carbonyl (C=O) groups excluding carboxylic acids is 1. The molecule has 25 heavy (non-hydrogen) atoms. The van der Waals surface area contributed by atoms with E-state index in [4.69, 9.17) is 9.47 Å². The van der Waals surface area contributed by atoms with Crippen molar-refractivity contribution >= 4 is 11.6 Å². The minimum absolute atomic E-state index is 0.109. The largest absolute Gasteiger partial charge is 0.497 e. The minimum Gasteiger partial charge on any atom is -0.497 e. The molecule has 0 radical (unpaired) electrons. The number of pyridine rings is 1. The average Bonchev–Trinajstić information content (AvgIpc) is 3.19. The Morgan fingerprint density at radius 3 is 2.64 bits per heavy atom. The molecule has 2 aromatic rings. The lowest BCUT2D eigenvalue weighted by atomic mass is 10.1. The summed E-state index contributed by atoms with van der Waals surface area (Å²) in [6.45, 7) is 1.34. The van der Waals surface area contributed by atoms with E-state index in [0.29, 0.717) is 13.0 Å². The number of hydrogen-bond donors (Lipinski definition) is 0. The van der Waals surface area contributed by atoms with Gasteiger partial charge in [-0.1, -0.05) is 12.1 Å². The average molecular weight is 340 g/mol. The molecule has 132 valence electrons. The van der Waals surface area contributed by atoms with Crippen LogP contribution in [-0.4, -0.2) is 30.7 Å². The van der Waals surface area contributed by atoms with Gasteiger partial charge in [0.25, 0.3) is 0 Å². The van der Waals surface area contributed by atoms with Gasteiger partial charge in [0.1, 0.15) is 5.75 Å². The molecule has 5 nitrogen and oxygen atoms in total. The summed E-state index contributed by atoms with van der Waals surface area (Å²) in [7, 11) is 1.65. The monoisotopic (exact) mass is 340 g/mol. The quantitative estimate of drug-likeness (QED) is 0.773. The molecular formula is C20H24N2O3. The number of amides is 1. The first-order valence-electron chi connectivity index (χ1n) is 8.71. The van der Waals surface area contributed by atoms with Crippen molar-refractivity contribution in [1.29, 1.82) is 0 Å². The molecule has 0 unspecified atom stereocenters. The number of nitrogens with zero attached hydrogens (tertiary/aromatic N) is 2. The molecule has 0 aliphatic carbocycles. The van der Waals surface area contributed by atoms with Crippen LogP contribution < -0.4 is 9.64 Å². The van der Waals surface area contributed by atoms with Crippen molar-refractivity contribution in [3.8, 4) is 5.75 Å². The zero-order valence-corrected chi connectivity index (χ0v) is 14.6. The normalized spacial score (nSPS) is 16.6. The van der Waals surface area contributed by atoms with Crippen molar-refractivity contribution in [1.82, 2.24) is 4.98 Å². The Balaban J connectivity index is 1.71. The highest BCUT2D eigenvalue weighted by Crippen LogP contribution is 2.22. The van der Waals surface area contributed by atoms with Crippen LogP contribution >= 0.6 is 0 Å². The first kappa shape index (κ1) is 17.4. The summed E-state index contributed by atoms with van der Waals surface area (Å²) in [4.78, 5) is 18.7. The van der Waals surface area contributed by atoms with E-state index in [9.17, 15) is 4.79 Å². The van der Waals surface area contributed by atoms with Gasteiger partial charge in [0.2, 0.25) is 5.91 Å². The number of anilines is 1. The van der Waals surface area contributed by atoms with Crippen molar-refractivity contribution in [2.75, 3.05) is 18.6 Å². The van der Waals surface area contributed by atoms with Crippen molar-refractivity contribution in [2.45, 2.75) is 38.3 Å². The molecule has 1 aliphatic rings. The molecule has 1 fully saturated rings. The molecular weight excluding hydrogens is 316 g/mol. The Hall–Kier alpha value is -2.40. The SMILES string of the molecule is COc1ccc(CN(C(=O)CC[C@@H]2CCCO2)c2ccncc2)cc1. The van der Waals surface area contributed by atoms with Crippen LogP contribution in [0.4, 0.5) is 5.69 Å². The molecule has 0 saturated carbocycles. The van der Waals surface area contributed by atoms with Gasteiger partial charge in [-0.2, -0.15) is 0 Å². The summed E-state index contributed by atoms with van der Waals surface area (Å²) in [6.07, 6.45) is 7.07. The van der Waals surface area contributed by atoms with Gasteiger partial charge in [-0.15, -0.1) is 0 Å². The van der Waals surface area contributed by atoms with Gasteiger partial charge < -0.3 is 14.4 Å². The van der Waals surface area contributed by atoms with Gasteiger partial charge in [-0.05, 0) is 49.1 Å². The number of carbonyl (C=O) groups is 1. The summed E-state index contributed by atoms with van der Waals surface area (Å²) in [6, 6.07) is 11.5. The van der Waals surface area contributed by atoms with Crippen LogP contribution in [0.25, 0.3) is 0 Å². The highest BCUT2D eigenvalue weighted by atomic mass is 16.5. The molecule has 1 aromatic heterocycles. The Kier molecular flexibility index (Phi) is 6.01. The van der Waals surface area contributed by atoms with Crippen LogP contribution in [0.15, 0.2) is 48.8 Å². The Bertz CT molecular complexity index is 667. The third-order valence-electron chi connectivity index (χ3n) is 4.48. The number of rotatable bonds is 7. The minimum atomic E-state index is 0.109. The van der Waals surface area contributed by atoms with Crippen molar-refractivity contribution in [3.63, 3.8) is 0 Å². The van der Waals surface area contributed by atoms with Crippen LogP contribution in [0.5, 0.6) is 5.75 Å². The van der Waals surface area contributed by atoms with Crippen LogP contribution in [0.2, 0.25) is 0 Å². The number of hydrogen-bond acceptors (Lipinski definition) is 4. The molecule has 0 bridgehead atoms. The van der Waals surface area contributed by atoms with Crippen LogP contribution in [0.3, 0.4) is 0 Å². The van der Waals surface area contributed by atoms with Crippen LogP contribution in [0.1, 0.15) is 31.2 Å². The maximum Gasteiger partial charge on any atom is 0.227 e. The van der Waals surface area contributed by atoms with E-state index in [2.05, 4.69) is 4.98 Å². The maximum atomic E-state index is 12.9. The second-order valence-electron chi connectivity index (χ2n) is 6.21. The fraction of sp³-hybridized carbons (Fsp3) is 0.400. The summed E-state index contributed by atoms with van der Waals surface area (Å²) in [5.74, 6) is 0.918. The number of aromatic nitrogens is 1. The topological polar surface area (TPSA) is 51.7 Å².